The first-order valence-electron chi connectivity index (χ1n) is 8.20. The number of hydrogen-bond acceptors (Lipinski definition) is 4. The van der Waals surface area contributed by atoms with Gasteiger partial charge in [-0.25, -0.2) is 9.37 Å². The van der Waals surface area contributed by atoms with Crippen LogP contribution in [0.1, 0.15) is 29.0 Å². The van der Waals surface area contributed by atoms with Crippen LogP contribution < -0.4 is 10.6 Å². The molecule has 0 fully saturated rings. The second-order valence-electron chi connectivity index (χ2n) is 6.09. The predicted molar refractivity (Wildman–Crippen MR) is 97.0 cm³/mol. The van der Waals surface area contributed by atoms with Crippen molar-refractivity contribution in [3.63, 3.8) is 0 Å². The maximum absolute atomic E-state index is 13.5. The highest BCUT2D eigenvalue weighted by Crippen LogP contribution is 2.18. The van der Waals surface area contributed by atoms with E-state index in [0.29, 0.717) is 24.9 Å². The molecule has 0 aliphatic carbocycles. The zero-order valence-corrected chi connectivity index (χ0v) is 15.4. The fraction of sp³-hybridized carbons (Fsp3) is 0.444. The summed E-state index contributed by atoms with van der Waals surface area (Å²) in [4.78, 5) is 10.6. The summed E-state index contributed by atoms with van der Waals surface area (Å²) in [5.74, 6) is 1.84. The van der Waals surface area contributed by atoms with Gasteiger partial charge in [0.05, 0.1) is 18.3 Å². The van der Waals surface area contributed by atoms with Crippen molar-refractivity contribution < 1.29 is 8.81 Å². The minimum atomic E-state index is -0.235. The molecule has 0 saturated heterocycles. The van der Waals surface area contributed by atoms with Gasteiger partial charge in [-0.05, 0) is 45.6 Å². The van der Waals surface area contributed by atoms with Crippen LogP contribution >= 0.6 is 0 Å². The predicted octanol–water partition coefficient (Wildman–Crippen LogP) is 2.40. The minimum Gasteiger partial charge on any atom is -0.444 e. The summed E-state index contributed by atoms with van der Waals surface area (Å²) < 4.78 is 19.1. The van der Waals surface area contributed by atoms with Crippen molar-refractivity contribution >= 4 is 5.96 Å². The van der Waals surface area contributed by atoms with E-state index in [0.717, 1.165) is 17.0 Å². The van der Waals surface area contributed by atoms with Gasteiger partial charge in [-0.3, -0.25) is 4.99 Å². The Morgan fingerprint density at radius 1 is 1.32 bits per heavy atom. The van der Waals surface area contributed by atoms with Gasteiger partial charge in [0, 0.05) is 13.6 Å². The van der Waals surface area contributed by atoms with Gasteiger partial charge in [-0.1, -0.05) is 12.1 Å². The molecule has 7 heteroatoms. The van der Waals surface area contributed by atoms with Gasteiger partial charge in [-0.2, -0.15) is 0 Å². The van der Waals surface area contributed by atoms with E-state index < -0.39 is 0 Å². The van der Waals surface area contributed by atoms with E-state index in [4.69, 9.17) is 4.42 Å². The van der Waals surface area contributed by atoms with Crippen LogP contribution in [0.25, 0.3) is 0 Å². The molecule has 0 amide bonds. The van der Waals surface area contributed by atoms with Gasteiger partial charge < -0.3 is 20.0 Å². The molecular weight excluding hydrogens is 321 g/mol. The monoisotopic (exact) mass is 347 g/mol. The molecule has 2 aromatic rings. The summed E-state index contributed by atoms with van der Waals surface area (Å²) in [5, 5.41) is 6.44. The van der Waals surface area contributed by atoms with Gasteiger partial charge in [0.25, 0.3) is 0 Å². The van der Waals surface area contributed by atoms with Crippen molar-refractivity contribution in [3.8, 4) is 0 Å². The number of benzene rings is 1. The lowest BCUT2D eigenvalue weighted by atomic mass is 10.1. The molecule has 0 spiro atoms. The Labute approximate surface area is 148 Å². The summed E-state index contributed by atoms with van der Waals surface area (Å²) in [7, 11) is 5.63. The van der Waals surface area contributed by atoms with Crippen molar-refractivity contribution in [2.75, 3.05) is 27.7 Å². The normalized spacial score (nSPS) is 13.2. The number of guanidine groups is 1. The van der Waals surface area contributed by atoms with Gasteiger partial charge in [-0.15, -0.1) is 0 Å². The molecule has 0 bridgehead atoms. The lowest BCUT2D eigenvalue weighted by Gasteiger charge is -2.26. The first-order chi connectivity index (χ1) is 11.9. The summed E-state index contributed by atoms with van der Waals surface area (Å²) >= 11 is 0. The summed E-state index contributed by atoms with van der Waals surface area (Å²) in [6.07, 6.45) is 0. The molecule has 1 unspecified atom stereocenters. The van der Waals surface area contributed by atoms with Crippen molar-refractivity contribution in [2.45, 2.75) is 26.4 Å². The van der Waals surface area contributed by atoms with Gasteiger partial charge in [0.1, 0.15) is 11.6 Å². The van der Waals surface area contributed by atoms with E-state index in [1.165, 1.54) is 6.07 Å². The second-order valence-corrected chi connectivity index (χ2v) is 6.09. The van der Waals surface area contributed by atoms with Crippen LogP contribution in [0, 0.1) is 19.7 Å². The molecule has 0 aliphatic rings. The van der Waals surface area contributed by atoms with E-state index in [2.05, 4.69) is 20.6 Å². The Hall–Kier alpha value is -2.41. The molecule has 0 aliphatic heterocycles. The van der Waals surface area contributed by atoms with Gasteiger partial charge >= 0.3 is 0 Å². The molecule has 0 radical (unpaired) electrons. The highest BCUT2D eigenvalue weighted by Gasteiger charge is 2.15. The zero-order chi connectivity index (χ0) is 18.4. The lowest BCUT2D eigenvalue weighted by Crippen LogP contribution is -2.41. The smallest absolute Gasteiger partial charge is 0.214 e. The van der Waals surface area contributed by atoms with E-state index in [1.807, 2.05) is 38.9 Å². The number of hydrogen-bond donors (Lipinski definition) is 2. The van der Waals surface area contributed by atoms with Crippen LogP contribution in [0.15, 0.2) is 33.7 Å². The first kappa shape index (κ1) is 18.9. The number of oxazole rings is 1. The summed E-state index contributed by atoms with van der Waals surface area (Å²) in [6.45, 7) is 4.83. The molecule has 1 aromatic carbocycles. The number of likely N-dealkylation sites (N-methyl/N-ethyl adjacent to an activating group) is 1. The van der Waals surface area contributed by atoms with Crippen LogP contribution in [0.3, 0.4) is 0 Å². The third-order valence-corrected chi connectivity index (χ3v) is 4.02. The Kier molecular flexibility index (Phi) is 6.52. The van der Waals surface area contributed by atoms with Crippen LogP contribution in [-0.2, 0) is 6.54 Å². The minimum absolute atomic E-state index is 0.0143. The van der Waals surface area contributed by atoms with Crippen molar-refractivity contribution in [3.05, 3.63) is 53.0 Å². The molecule has 136 valence electrons. The van der Waals surface area contributed by atoms with Crippen LogP contribution in [-0.4, -0.2) is 43.5 Å². The molecule has 1 aromatic heterocycles. The van der Waals surface area contributed by atoms with Crippen molar-refractivity contribution in [1.82, 2.24) is 20.5 Å². The Morgan fingerprint density at radius 2 is 2.08 bits per heavy atom. The number of nitrogens with zero attached hydrogens (tertiary/aromatic N) is 3. The SMILES string of the molecule is CN=C(NCc1nc(C)c(C)o1)NCC(c1cccc(F)c1)N(C)C. The van der Waals surface area contributed by atoms with Crippen LogP contribution in [0.5, 0.6) is 0 Å². The van der Waals surface area contributed by atoms with Gasteiger partial charge in [0.15, 0.2) is 5.96 Å². The van der Waals surface area contributed by atoms with Crippen LogP contribution in [0.2, 0.25) is 0 Å². The largest absolute Gasteiger partial charge is 0.444 e. The zero-order valence-electron chi connectivity index (χ0n) is 15.4. The fourth-order valence-electron chi connectivity index (χ4n) is 2.50. The standard InChI is InChI=1S/C18H26FN5O/c1-12-13(2)25-17(23-12)11-22-18(20-3)21-10-16(24(4)5)14-7-6-8-15(19)9-14/h6-9,16H,10-11H2,1-5H3,(H2,20,21,22). The average molecular weight is 347 g/mol. The molecule has 1 atom stereocenters. The number of nitrogens with one attached hydrogen (secondary N) is 2. The van der Waals surface area contributed by atoms with E-state index in [9.17, 15) is 4.39 Å². The lowest BCUT2D eigenvalue weighted by molar-refractivity contribution is 0.297. The fourth-order valence-corrected chi connectivity index (χ4v) is 2.50. The van der Waals surface area contributed by atoms with Gasteiger partial charge in [0.2, 0.25) is 5.89 Å². The maximum Gasteiger partial charge on any atom is 0.214 e. The highest BCUT2D eigenvalue weighted by atomic mass is 19.1. The summed E-state index contributed by atoms with van der Waals surface area (Å²) in [6, 6.07) is 6.66. The van der Waals surface area contributed by atoms with Crippen molar-refractivity contribution in [2.24, 2.45) is 4.99 Å². The molecule has 6 nitrogen and oxygen atoms in total. The quantitative estimate of drug-likeness (QED) is 0.620. The van der Waals surface area contributed by atoms with Crippen LogP contribution in [0.4, 0.5) is 4.39 Å². The Morgan fingerprint density at radius 3 is 2.64 bits per heavy atom. The maximum atomic E-state index is 13.5. The second kappa shape index (κ2) is 8.62. The van der Waals surface area contributed by atoms with Crippen molar-refractivity contribution in [1.29, 1.82) is 0 Å². The topological polar surface area (TPSA) is 65.7 Å². The van der Waals surface area contributed by atoms with E-state index in [-0.39, 0.29) is 11.9 Å². The first-order valence-corrected chi connectivity index (χ1v) is 8.20. The molecule has 1 heterocycles. The third-order valence-electron chi connectivity index (χ3n) is 4.02. The number of halogens is 1. The summed E-state index contributed by atoms with van der Waals surface area (Å²) in [5.41, 5.74) is 1.80. The number of aliphatic imine (C=N–C) groups is 1. The average Bonchev–Trinajstić information content (AvgIpc) is 2.88. The molecule has 2 rings (SSSR count). The molecular formula is C18H26FN5O. The molecule has 0 saturated carbocycles. The molecule has 25 heavy (non-hydrogen) atoms. The number of rotatable bonds is 6. The third kappa shape index (κ3) is 5.29. The van der Waals surface area contributed by atoms with E-state index in [1.54, 1.807) is 19.2 Å². The van der Waals surface area contributed by atoms with E-state index >= 15 is 0 Å². The molecule has 2 N–H and O–H groups in total. The highest BCUT2D eigenvalue weighted by molar-refractivity contribution is 5.79. The Balaban J connectivity index is 1.95. The Bertz CT molecular complexity index is 707. The number of aromatic nitrogens is 1. The number of aryl methyl sites for hydroxylation is 2.